The van der Waals surface area contributed by atoms with Crippen molar-refractivity contribution in [1.29, 1.82) is 0 Å². The highest BCUT2D eigenvalue weighted by molar-refractivity contribution is 5.79. The van der Waals surface area contributed by atoms with Crippen LogP contribution in [0.2, 0.25) is 0 Å². The Balaban J connectivity index is 1.59. The van der Waals surface area contributed by atoms with Crippen LogP contribution in [0.3, 0.4) is 0 Å². The minimum Gasteiger partial charge on any atom is -0.378 e. The van der Waals surface area contributed by atoms with Gasteiger partial charge in [0.15, 0.2) is 17.5 Å². The van der Waals surface area contributed by atoms with Gasteiger partial charge in [-0.3, -0.25) is 4.79 Å². The van der Waals surface area contributed by atoms with E-state index in [1.807, 2.05) is 0 Å². The number of benzene rings is 1. The van der Waals surface area contributed by atoms with Crippen molar-refractivity contribution in [2.24, 2.45) is 5.92 Å². The summed E-state index contributed by atoms with van der Waals surface area (Å²) in [5.41, 5.74) is 0.123. The first-order valence-electron chi connectivity index (χ1n) is 6.59. The van der Waals surface area contributed by atoms with E-state index in [1.54, 1.807) is 0 Å². The Hall–Kier alpha value is -1.56. The second kappa shape index (κ2) is 5.09. The molecule has 1 aliphatic carbocycles. The molecule has 1 N–H and O–H groups in total. The monoisotopic (exact) mass is 285 g/mol. The smallest absolute Gasteiger partial charge is 0.224 e. The fraction of sp³-hybridized carbons (Fsp3) is 0.500. The Labute approximate surface area is 114 Å². The largest absolute Gasteiger partial charge is 0.378 e. The Morgan fingerprint density at radius 3 is 2.65 bits per heavy atom. The first-order chi connectivity index (χ1) is 9.54. The van der Waals surface area contributed by atoms with Crippen LogP contribution in [0.25, 0.3) is 0 Å². The van der Waals surface area contributed by atoms with E-state index in [-0.39, 0.29) is 30.0 Å². The summed E-state index contributed by atoms with van der Waals surface area (Å²) < 4.78 is 44.3. The Morgan fingerprint density at radius 2 is 2.00 bits per heavy atom. The number of nitrogens with one attached hydrogen (secondary N) is 1. The maximum atomic E-state index is 13.0. The number of fused-ring (bicyclic) bond motifs is 1. The quantitative estimate of drug-likeness (QED) is 0.862. The van der Waals surface area contributed by atoms with Crippen molar-refractivity contribution in [2.75, 3.05) is 6.61 Å². The molecule has 1 saturated carbocycles. The molecule has 0 spiro atoms. The molecule has 0 unspecified atom stereocenters. The Bertz CT molecular complexity index is 526. The molecule has 6 heteroatoms. The highest BCUT2D eigenvalue weighted by Gasteiger charge is 2.45. The molecule has 1 amide bonds. The van der Waals surface area contributed by atoms with Crippen molar-refractivity contribution in [1.82, 2.24) is 5.32 Å². The molecule has 3 nitrogen and oxygen atoms in total. The van der Waals surface area contributed by atoms with Gasteiger partial charge >= 0.3 is 0 Å². The zero-order valence-electron chi connectivity index (χ0n) is 10.7. The van der Waals surface area contributed by atoms with Gasteiger partial charge in [0.2, 0.25) is 5.91 Å². The minimum absolute atomic E-state index is 0.0742. The van der Waals surface area contributed by atoms with E-state index >= 15 is 0 Å². The number of ether oxygens (including phenoxy) is 1. The predicted octanol–water partition coefficient (Wildman–Crippen LogP) is 1.94. The summed E-state index contributed by atoms with van der Waals surface area (Å²) in [4.78, 5) is 11.8. The molecule has 2 fully saturated rings. The molecular weight excluding hydrogens is 271 g/mol. The lowest BCUT2D eigenvalue weighted by molar-refractivity contribution is -0.123. The van der Waals surface area contributed by atoms with Crippen molar-refractivity contribution in [3.05, 3.63) is 35.1 Å². The number of hydrogen-bond donors (Lipinski definition) is 1. The number of carbonyl (C=O) groups excluding carboxylic acids is 1. The van der Waals surface area contributed by atoms with Crippen molar-refractivity contribution in [3.63, 3.8) is 0 Å². The van der Waals surface area contributed by atoms with E-state index in [0.717, 1.165) is 31.6 Å². The summed E-state index contributed by atoms with van der Waals surface area (Å²) >= 11 is 0. The van der Waals surface area contributed by atoms with Gasteiger partial charge in [-0.05, 0) is 30.5 Å². The highest BCUT2D eigenvalue weighted by atomic mass is 19.2. The number of hydrogen-bond acceptors (Lipinski definition) is 2. The minimum atomic E-state index is -1.51. The molecule has 1 aromatic rings. The number of rotatable bonds is 3. The van der Waals surface area contributed by atoms with Crippen LogP contribution in [0.1, 0.15) is 18.4 Å². The summed E-state index contributed by atoms with van der Waals surface area (Å²) in [6, 6.07) is 1.77. The molecule has 108 valence electrons. The van der Waals surface area contributed by atoms with E-state index in [1.165, 1.54) is 0 Å². The fourth-order valence-electron chi connectivity index (χ4n) is 2.92. The standard InChI is InChI=1S/C14H14F3NO2/c15-9-3-7(4-10(16)14(9)17)5-13(19)18-11-6-12-8(11)1-2-20-12/h3-4,8,11-12H,1-2,5-6H2,(H,18,19)/t8-,11+,12+/m1/s1. The zero-order chi connectivity index (χ0) is 14.3. The van der Waals surface area contributed by atoms with Gasteiger partial charge in [-0.1, -0.05) is 0 Å². The van der Waals surface area contributed by atoms with Crippen LogP contribution < -0.4 is 5.32 Å². The maximum absolute atomic E-state index is 13.0. The van der Waals surface area contributed by atoms with Crippen molar-refractivity contribution in [2.45, 2.75) is 31.4 Å². The van der Waals surface area contributed by atoms with Crippen LogP contribution in [0.15, 0.2) is 12.1 Å². The Morgan fingerprint density at radius 1 is 1.30 bits per heavy atom. The highest BCUT2D eigenvalue weighted by Crippen LogP contribution is 2.38. The van der Waals surface area contributed by atoms with Gasteiger partial charge in [-0.2, -0.15) is 0 Å². The van der Waals surface area contributed by atoms with Crippen LogP contribution in [-0.2, 0) is 16.0 Å². The van der Waals surface area contributed by atoms with Crippen LogP contribution in [0, 0.1) is 23.4 Å². The third kappa shape index (κ3) is 2.40. The SMILES string of the molecule is O=C(Cc1cc(F)c(F)c(F)c1)N[C@H]1C[C@@H]2OCC[C@H]12. The summed E-state index contributed by atoms with van der Waals surface area (Å²) in [5, 5.41) is 2.83. The molecular formula is C14H14F3NO2. The molecule has 1 saturated heterocycles. The van der Waals surface area contributed by atoms with Gasteiger partial charge in [0.1, 0.15) is 0 Å². The summed E-state index contributed by atoms with van der Waals surface area (Å²) in [6.45, 7) is 0.718. The maximum Gasteiger partial charge on any atom is 0.224 e. The predicted molar refractivity (Wildman–Crippen MR) is 64.4 cm³/mol. The van der Waals surface area contributed by atoms with Gasteiger partial charge in [0, 0.05) is 18.6 Å². The Kier molecular flexibility index (Phi) is 3.41. The van der Waals surface area contributed by atoms with E-state index in [0.29, 0.717) is 5.92 Å². The van der Waals surface area contributed by atoms with Crippen LogP contribution in [-0.4, -0.2) is 24.7 Å². The molecule has 0 aromatic heterocycles. The lowest BCUT2D eigenvalue weighted by Gasteiger charge is -2.39. The van der Waals surface area contributed by atoms with Crippen molar-refractivity contribution >= 4 is 5.91 Å². The number of amides is 1. The first-order valence-corrected chi connectivity index (χ1v) is 6.59. The van der Waals surface area contributed by atoms with Crippen LogP contribution in [0.4, 0.5) is 13.2 Å². The van der Waals surface area contributed by atoms with Crippen LogP contribution >= 0.6 is 0 Å². The molecule has 3 atom stereocenters. The van der Waals surface area contributed by atoms with Gasteiger partial charge in [0.05, 0.1) is 12.5 Å². The molecule has 20 heavy (non-hydrogen) atoms. The average molecular weight is 285 g/mol. The second-order valence-corrected chi connectivity index (χ2v) is 5.32. The van der Waals surface area contributed by atoms with Gasteiger partial charge in [-0.25, -0.2) is 13.2 Å². The average Bonchev–Trinajstić information content (AvgIpc) is 2.74. The molecule has 3 rings (SSSR count). The molecule has 0 bridgehead atoms. The van der Waals surface area contributed by atoms with Crippen molar-refractivity contribution in [3.8, 4) is 0 Å². The lowest BCUT2D eigenvalue weighted by atomic mass is 9.76. The van der Waals surface area contributed by atoms with Crippen LogP contribution in [0.5, 0.6) is 0 Å². The number of halogens is 3. The molecule has 0 radical (unpaired) electrons. The van der Waals surface area contributed by atoms with Crippen molar-refractivity contribution < 1.29 is 22.7 Å². The number of carbonyl (C=O) groups is 1. The molecule has 2 aliphatic rings. The molecule has 1 aromatic carbocycles. The van der Waals surface area contributed by atoms with E-state index in [9.17, 15) is 18.0 Å². The lowest BCUT2D eigenvalue weighted by Crippen LogP contribution is -2.53. The summed E-state index contributed by atoms with van der Waals surface area (Å²) in [7, 11) is 0. The third-order valence-electron chi connectivity index (χ3n) is 4.02. The summed E-state index contributed by atoms with van der Waals surface area (Å²) in [6.07, 6.45) is 1.78. The van der Waals surface area contributed by atoms with E-state index in [4.69, 9.17) is 4.74 Å². The van der Waals surface area contributed by atoms with E-state index < -0.39 is 17.5 Å². The topological polar surface area (TPSA) is 38.3 Å². The van der Waals surface area contributed by atoms with Gasteiger partial charge < -0.3 is 10.1 Å². The second-order valence-electron chi connectivity index (χ2n) is 5.32. The molecule has 1 aliphatic heterocycles. The zero-order valence-corrected chi connectivity index (χ0v) is 10.7. The van der Waals surface area contributed by atoms with Gasteiger partial charge in [-0.15, -0.1) is 0 Å². The fourth-order valence-corrected chi connectivity index (χ4v) is 2.92. The summed E-state index contributed by atoms with van der Waals surface area (Å²) in [5.74, 6) is -4.04. The third-order valence-corrected chi connectivity index (χ3v) is 4.02. The molecule has 1 heterocycles. The van der Waals surface area contributed by atoms with E-state index in [2.05, 4.69) is 5.32 Å². The first kappa shape index (κ1) is 13.4. The van der Waals surface area contributed by atoms with Gasteiger partial charge in [0.25, 0.3) is 0 Å². The normalized spacial score (nSPS) is 27.9.